The Morgan fingerprint density at radius 1 is 1.21 bits per heavy atom. The molecule has 0 spiro atoms. The van der Waals surface area contributed by atoms with E-state index in [4.69, 9.17) is 14.0 Å². The average molecular weight is 289 g/mol. The lowest BCUT2D eigenvalue weighted by atomic mass is 9.82. The van der Waals surface area contributed by atoms with E-state index in [1.54, 1.807) is 0 Å². The van der Waals surface area contributed by atoms with Crippen LogP contribution in [0.25, 0.3) is 0 Å². The van der Waals surface area contributed by atoms with Gasteiger partial charge in [0.25, 0.3) is 0 Å². The van der Waals surface area contributed by atoms with Gasteiger partial charge in [0.15, 0.2) is 5.28 Å². The molecule has 19 heavy (non-hydrogen) atoms. The Morgan fingerprint density at radius 3 is 2.00 bits per heavy atom. The van der Waals surface area contributed by atoms with Crippen molar-refractivity contribution >= 4 is 13.3 Å². The van der Waals surface area contributed by atoms with Crippen LogP contribution < -0.4 is 0 Å². The third kappa shape index (κ3) is 2.81. The number of nitrogens with zero attached hydrogens (tertiary/aromatic N) is 1. The van der Waals surface area contributed by atoms with Gasteiger partial charge in [-0.1, -0.05) is 27.7 Å². The van der Waals surface area contributed by atoms with Crippen LogP contribution in [-0.4, -0.2) is 24.2 Å². The van der Waals surface area contributed by atoms with E-state index >= 15 is 0 Å². The molecule has 0 aliphatic carbocycles. The van der Waals surface area contributed by atoms with Crippen LogP contribution in [0.2, 0.25) is 0 Å². The molecule has 112 valence electrons. The van der Waals surface area contributed by atoms with Crippen molar-refractivity contribution in [1.82, 2.24) is 0 Å². The van der Waals surface area contributed by atoms with Crippen molar-refractivity contribution in [3.05, 3.63) is 0 Å². The Morgan fingerprint density at radius 2 is 1.68 bits per heavy atom. The maximum atomic E-state index is 13.2. The van der Waals surface area contributed by atoms with Gasteiger partial charge in [-0.05, 0) is 33.1 Å². The summed E-state index contributed by atoms with van der Waals surface area (Å²) in [5, 5.41) is -0.800. The third-order valence-corrected chi connectivity index (χ3v) is 7.03. The Balaban J connectivity index is 3.28. The van der Waals surface area contributed by atoms with Gasteiger partial charge in [0.2, 0.25) is 0 Å². The Hall–Kier alpha value is -0.180. The van der Waals surface area contributed by atoms with E-state index < -0.39 is 12.9 Å². The van der Waals surface area contributed by atoms with Gasteiger partial charge in [0.05, 0.1) is 13.2 Å². The third-order valence-electron chi connectivity index (χ3n) is 4.06. The van der Waals surface area contributed by atoms with Gasteiger partial charge >= 0.3 is 7.60 Å². The Labute approximate surface area is 117 Å². The molecule has 1 heterocycles. The monoisotopic (exact) mass is 289 g/mol. The summed E-state index contributed by atoms with van der Waals surface area (Å²) in [6.45, 7) is 14.8. The Kier molecular flexibility index (Phi) is 5.03. The van der Waals surface area contributed by atoms with Gasteiger partial charge in [0.1, 0.15) is 0 Å². The van der Waals surface area contributed by atoms with Crippen molar-refractivity contribution < 1.29 is 13.6 Å². The minimum Gasteiger partial charge on any atom is -0.307 e. The lowest BCUT2D eigenvalue weighted by Crippen LogP contribution is -2.37. The molecule has 1 aliphatic heterocycles. The zero-order chi connectivity index (χ0) is 14.9. The topological polar surface area (TPSA) is 47.9 Å². The van der Waals surface area contributed by atoms with Crippen molar-refractivity contribution in [2.45, 2.75) is 60.2 Å². The van der Waals surface area contributed by atoms with Crippen molar-refractivity contribution in [3.8, 4) is 0 Å². The Bertz CT molecular complexity index is 393. The van der Waals surface area contributed by atoms with Gasteiger partial charge in [-0.15, -0.1) is 0 Å². The predicted molar refractivity (Wildman–Crippen MR) is 79.9 cm³/mol. The first-order chi connectivity index (χ1) is 8.63. The molecule has 0 amide bonds. The highest BCUT2D eigenvalue weighted by Gasteiger charge is 2.60. The van der Waals surface area contributed by atoms with Crippen LogP contribution in [0, 0.1) is 11.3 Å². The summed E-state index contributed by atoms with van der Waals surface area (Å²) in [6, 6.07) is 0. The molecule has 0 N–H and O–H groups in total. The van der Waals surface area contributed by atoms with Crippen LogP contribution in [0.5, 0.6) is 0 Å². The van der Waals surface area contributed by atoms with Crippen molar-refractivity contribution in [2.75, 3.05) is 13.2 Å². The minimum atomic E-state index is -3.26. The largest absolute Gasteiger partial charge is 0.358 e. The smallest absolute Gasteiger partial charge is 0.307 e. The molecule has 5 heteroatoms. The van der Waals surface area contributed by atoms with Crippen LogP contribution in [0.4, 0.5) is 0 Å². The van der Waals surface area contributed by atoms with Crippen LogP contribution in [-0.2, 0) is 13.6 Å². The van der Waals surface area contributed by atoms with Gasteiger partial charge in [-0.2, -0.15) is 0 Å². The predicted octanol–water partition coefficient (Wildman–Crippen LogP) is 4.50. The second kappa shape index (κ2) is 5.67. The summed E-state index contributed by atoms with van der Waals surface area (Å²) in [5.74, 6) is 0.359. The molecule has 0 bridgehead atoms. The standard InChI is InChI=1S/C14H28NO3P/c1-8-17-19(16,18-9-2)14(7)13(5,6)10-12(15-14)11(3)4/h11H,8-10H2,1-7H3. The SMILES string of the molecule is CCOP(=O)(OCC)C1(C)N=C(C(C)C)CC1(C)C. The van der Waals surface area contributed by atoms with Crippen molar-refractivity contribution in [2.24, 2.45) is 16.3 Å². The van der Waals surface area contributed by atoms with Crippen molar-refractivity contribution in [3.63, 3.8) is 0 Å². The van der Waals surface area contributed by atoms with Gasteiger partial charge in [-0.3, -0.25) is 9.56 Å². The number of aliphatic imine (C=N–C) groups is 1. The summed E-state index contributed by atoms with van der Waals surface area (Å²) >= 11 is 0. The van der Waals surface area contributed by atoms with E-state index in [9.17, 15) is 4.57 Å². The van der Waals surface area contributed by atoms with Gasteiger partial charge in [-0.25, -0.2) is 0 Å². The highest BCUT2D eigenvalue weighted by molar-refractivity contribution is 7.55. The molecular formula is C14H28NO3P. The van der Waals surface area contributed by atoms with Crippen LogP contribution in [0.3, 0.4) is 0 Å². The fraction of sp³-hybridized carbons (Fsp3) is 0.929. The zero-order valence-electron chi connectivity index (χ0n) is 13.3. The van der Waals surface area contributed by atoms with Crippen LogP contribution in [0.1, 0.15) is 54.9 Å². The molecule has 0 aromatic rings. The maximum absolute atomic E-state index is 13.2. The number of rotatable bonds is 6. The highest BCUT2D eigenvalue weighted by atomic mass is 31.2. The van der Waals surface area contributed by atoms with Gasteiger partial charge < -0.3 is 9.05 Å². The summed E-state index contributed by atoms with van der Waals surface area (Å²) in [6.07, 6.45) is 0.839. The quantitative estimate of drug-likeness (QED) is 0.677. The molecule has 4 nitrogen and oxygen atoms in total. The minimum absolute atomic E-state index is 0.230. The number of hydrogen-bond acceptors (Lipinski definition) is 4. The molecule has 0 saturated carbocycles. The van der Waals surface area contributed by atoms with Crippen molar-refractivity contribution in [1.29, 1.82) is 0 Å². The first-order valence-electron chi connectivity index (χ1n) is 7.11. The summed E-state index contributed by atoms with van der Waals surface area (Å²) in [5.41, 5.74) is 0.874. The number of hydrogen-bond donors (Lipinski definition) is 0. The van der Waals surface area contributed by atoms with E-state index in [-0.39, 0.29) is 5.41 Å². The first kappa shape index (κ1) is 16.9. The van der Waals surface area contributed by atoms with Crippen LogP contribution in [0.15, 0.2) is 4.99 Å². The lowest BCUT2D eigenvalue weighted by molar-refractivity contribution is 0.164. The highest BCUT2D eigenvalue weighted by Crippen LogP contribution is 2.69. The molecule has 0 fully saturated rings. The second-order valence-electron chi connectivity index (χ2n) is 6.17. The molecule has 0 saturated heterocycles. The lowest BCUT2D eigenvalue weighted by Gasteiger charge is -2.40. The molecule has 1 unspecified atom stereocenters. The molecule has 0 radical (unpaired) electrons. The van der Waals surface area contributed by atoms with E-state index in [0.29, 0.717) is 19.1 Å². The van der Waals surface area contributed by atoms with Crippen LogP contribution >= 0.6 is 7.60 Å². The molecule has 1 aliphatic rings. The molecule has 0 aromatic carbocycles. The molecule has 1 rings (SSSR count). The van der Waals surface area contributed by atoms with E-state index in [1.165, 1.54) is 0 Å². The van der Waals surface area contributed by atoms with E-state index in [0.717, 1.165) is 12.1 Å². The summed E-state index contributed by atoms with van der Waals surface area (Å²) in [4.78, 5) is 4.79. The van der Waals surface area contributed by atoms with E-state index in [1.807, 2.05) is 20.8 Å². The average Bonchev–Trinajstić information content (AvgIpc) is 2.52. The normalized spacial score (nSPS) is 26.8. The summed E-state index contributed by atoms with van der Waals surface area (Å²) in [7, 11) is -3.26. The molecule has 0 aromatic heterocycles. The second-order valence-corrected chi connectivity index (χ2v) is 8.55. The van der Waals surface area contributed by atoms with Gasteiger partial charge in [0, 0.05) is 11.1 Å². The molecular weight excluding hydrogens is 261 g/mol. The first-order valence-corrected chi connectivity index (χ1v) is 8.65. The maximum Gasteiger partial charge on any atom is 0.358 e. The molecule has 1 atom stereocenters. The fourth-order valence-electron chi connectivity index (χ4n) is 2.48. The van der Waals surface area contributed by atoms with E-state index in [2.05, 4.69) is 27.7 Å². The fourth-order valence-corrected chi connectivity index (χ4v) is 4.81. The summed E-state index contributed by atoms with van der Waals surface area (Å²) < 4.78 is 24.3. The zero-order valence-corrected chi connectivity index (χ0v) is 14.2.